The molecule has 0 amide bonds. The van der Waals surface area contributed by atoms with Crippen LogP contribution in [-0.4, -0.2) is 32.7 Å². The minimum absolute atomic E-state index is 0.0513. The second kappa shape index (κ2) is 7.29. The molecule has 0 aromatic heterocycles. The van der Waals surface area contributed by atoms with Crippen LogP contribution in [0.2, 0.25) is 0 Å². The lowest BCUT2D eigenvalue weighted by Crippen LogP contribution is -2.42. The second-order valence-corrected chi connectivity index (χ2v) is 9.09. The number of nitro groups is 1. The fourth-order valence-electron chi connectivity index (χ4n) is 4.35. The quantitative estimate of drug-likeness (QED) is 0.426. The zero-order valence-corrected chi connectivity index (χ0v) is 16.6. The molecule has 2 aliphatic rings. The van der Waals surface area contributed by atoms with E-state index in [1.807, 2.05) is 19.1 Å². The van der Waals surface area contributed by atoms with Crippen LogP contribution in [0.1, 0.15) is 23.5 Å². The average Bonchev–Trinajstić information content (AvgIpc) is 2.98. The maximum atomic E-state index is 11.9. The van der Waals surface area contributed by atoms with E-state index in [0.29, 0.717) is 11.3 Å². The number of para-hydroxylation sites is 1. The highest BCUT2D eigenvalue weighted by Gasteiger charge is 2.52. The third kappa shape index (κ3) is 3.22. The van der Waals surface area contributed by atoms with Crippen LogP contribution in [0.15, 0.2) is 47.4 Å². The Morgan fingerprint density at radius 2 is 2.07 bits per heavy atom. The summed E-state index contributed by atoms with van der Waals surface area (Å²) in [7, 11) is 0. The molecule has 0 saturated heterocycles. The van der Waals surface area contributed by atoms with Gasteiger partial charge in [-0.1, -0.05) is 29.8 Å². The van der Waals surface area contributed by atoms with E-state index in [4.69, 9.17) is 11.6 Å². The first-order chi connectivity index (χ1) is 13.4. The van der Waals surface area contributed by atoms with Crippen LogP contribution in [0.4, 0.5) is 11.4 Å². The maximum absolute atomic E-state index is 11.9. The largest absolute Gasteiger partial charge is 0.480 e. The molecule has 1 aliphatic carbocycles. The molecule has 2 N–H and O–H groups in total. The fourth-order valence-corrected chi connectivity index (χ4v) is 6.29. The van der Waals surface area contributed by atoms with Crippen molar-refractivity contribution in [3.05, 3.63) is 63.7 Å². The molecule has 0 bridgehead atoms. The number of alkyl halides is 1. The van der Waals surface area contributed by atoms with Crippen molar-refractivity contribution < 1.29 is 14.8 Å². The number of thioether (sulfide) groups is 1. The zero-order valence-electron chi connectivity index (χ0n) is 15.0. The summed E-state index contributed by atoms with van der Waals surface area (Å²) in [5.74, 6) is -1.19. The van der Waals surface area contributed by atoms with Gasteiger partial charge >= 0.3 is 5.97 Å². The third-order valence-electron chi connectivity index (χ3n) is 5.58. The van der Waals surface area contributed by atoms with Gasteiger partial charge in [-0.3, -0.25) is 10.1 Å². The number of hydrogen-bond acceptors (Lipinski definition) is 5. The molecule has 1 aliphatic heterocycles. The molecule has 2 aromatic rings. The number of nitro benzene ring substituents is 1. The van der Waals surface area contributed by atoms with Gasteiger partial charge < -0.3 is 10.4 Å². The molecule has 6 nitrogen and oxygen atoms in total. The summed E-state index contributed by atoms with van der Waals surface area (Å²) >= 11 is 8.25. The molecule has 2 aromatic carbocycles. The van der Waals surface area contributed by atoms with Gasteiger partial charge in [0.2, 0.25) is 0 Å². The molecule has 1 saturated carbocycles. The second-order valence-electron chi connectivity index (χ2n) is 7.30. The van der Waals surface area contributed by atoms with Crippen molar-refractivity contribution in [3.8, 4) is 0 Å². The molecule has 0 radical (unpaired) electrons. The van der Waals surface area contributed by atoms with Gasteiger partial charge in [0, 0.05) is 22.9 Å². The Labute approximate surface area is 171 Å². The van der Waals surface area contributed by atoms with Crippen LogP contribution in [0, 0.1) is 23.0 Å². The van der Waals surface area contributed by atoms with E-state index < -0.39 is 16.9 Å². The van der Waals surface area contributed by atoms with Crippen molar-refractivity contribution in [1.82, 2.24) is 0 Å². The summed E-state index contributed by atoms with van der Waals surface area (Å²) in [6.07, 6.45) is 0.576. The monoisotopic (exact) mass is 418 g/mol. The minimum Gasteiger partial charge on any atom is -0.480 e. The number of carboxylic acids is 1. The number of nitrogens with one attached hydrogen (secondary N) is 1. The number of aliphatic carboxylic acids is 1. The highest BCUT2D eigenvalue weighted by Crippen LogP contribution is 2.55. The first kappa shape index (κ1) is 19.1. The Morgan fingerprint density at radius 3 is 2.79 bits per heavy atom. The van der Waals surface area contributed by atoms with E-state index in [0.717, 1.165) is 16.8 Å². The number of rotatable bonds is 4. The van der Waals surface area contributed by atoms with Gasteiger partial charge in [0.1, 0.15) is 6.04 Å². The molecule has 146 valence electrons. The van der Waals surface area contributed by atoms with E-state index in [1.54, 1.807) is 18.2 Å². The molecule has 4 rings (SSSR count). The molecule has 0 unspecified atom stereocenters. The van der Waals surface area contributed by atoms with Crippen LogP contribution in [0.5, 0.6) is 0 Å². The highest BCUT2D eigenvalue weighted by atomic mass is 35.5. The molecule has 0 spiro atoms. The molecule has 8 heteroatoms. The van der Waals surface area contributed by atoms with Gasteiger partial charge in [-0.15, -0.1) is 23.4 Å². The summed E-state index contributed by atoms with van der Waals surface area (Å²) in [6, 6.07) is 11.8. The van der Waals surface area contributed by atoms with Crippen LogP contribution in [0.25, 0.3) is 0 Å². The lowest BCUT2D eigenvalue weighted by atomic mass is 9.79. The number of nitrogens with zero attached hydrogens (tertiary/aromatic N) is 1. The van der Waals surface area contributed by atoms with Crippen LogP contribution in [-0.2, 0) is 4.79 Å². The Hall–Kier alpha value is -2.25. The Morgan fingerprint density at radius 1 is 1.32 bits per heavy atom. The molecule has 1 fully saturated rings. The van der Waals surface area contributed by atoms with Crippen molar-refractivity contribution in [2.45, 2.75) is 40.8 Å². The lowest BCUT2D eigenvalue weighted by Gasteiger charge is -2.36. The average molecular weight is 419 g/mol. The van der Waals surface area contributed by atoms with Crippen molar-refractivity contribution >= 4 is 40.7 Å². The van der Waals surface area contributed by atoms with Crippen molar-refractivity contribution in [1.29, 1.82) is 0 Å². The highest BCUT2D eigenvalue weighted by molar-refractivity contribution is 8.00. The van der Waals surface area contributed by atoms with Crippen molar-refractivity contribution in [3.63, 3.8) is 0 Å². The van der Waals surface area contributed by atoms with Gasteiger partial charge in [0.05, 0.1) is 15.2 Å². The summed E-state index contributed by atoms with van der Waals surface area (Å²) in [4.78, 5) is 23.4. The first-order valence-corrected chi connectivity index (χ1v) is 10.3. The molecule has 1 heterocycles. The van der Waals surface area contributed by atoms with E-state index in [2.05, 4.69) is 11.4 Å². The smallest absolute Gasteiger partial charge is 0.326 e. The number of hydrogen-bond donors (Lipinski definition) is 2. The summed E-state index contributed by atoms with van der Waals surface area (Å²) in [5.41, 5.74) is 2.98. The SMILES string of the molecule is Cc1ccc2c(c1)[C@@H]1[C@@H](Cl)[C@@H](Sc3ccccc3[N+](=O)[O-])C[C@@H]1[C@H](C(=O)O)N2. The van der Waals surface area contributed by atoms with Crippen LogP contribution < -0.4 is 5.32 Å². The first-order valence-electron chi connectivity index (χ1n) is 9.01. The van der Waals surface area contributed by atoms with Crippen molar-refractivity contribution in [2.75, 3.05) is 5.32 Å². The minimum atomic E-state index is -0.901. The molecule has 28 heavy (non-hydrogen) atoms. The molecular formula is C20H19ClN2O4S. The number of anilines is 1. The number of halogens is 1. The number of carbonyl (C=O) groups is 1. The summed E-state index contributed by atoms with van der Waals surface area (Å²) < 4.78 is 0. The number of carboxylic acid groups (broad SMARTS) is 1. The Bertz CT molecular complexity index is 954. The Kier molecular flexibility index (Phi) is 4.97. The predicted octanol–water partition coefficient (Wildman–Crippen LogP) is 4.65. The van der Waals surface area contributed by atoms with Gasteiger partial charge in [-0.2, -0.15) is 0 Å². The number of aryl methyl sites for hydroxylation is 1. The van der Waals surface area contributed by atoms with E-state index >= 15 is 0 Å². The van der Waals surface area contributed by atoms with Gasteiger partial charge in [0.15, 0.2) is 0 Å². The van der Waals surface area contributed by atoms with Crippen LogP contribution in [0.3, 0.4) is 0 Å². The number of benzene rings is 2. The van der Waals surface area contributed by atoms with E-state index in [9.17, 15) is 20.0 Å². The Balaban J connectivity index is 1.70. The molecule has 5 atom stereocenters. The van der Waals surface area contributed by atoms with Gasteiger partial charge in [-0.05, 0) is 37.0 Å². The van der Waals surface area contributed by atoms with E-state index in [-0.39, 0.29) is 28.2 Å². The molecular weight excluding hydrogens is 400 g/mol. The van der Waals surface area contributed by atoms with Gasteiger partial charge in [0.25, 0.3) is 5.69 Å². The zero-order chi connectivity index (χ0) is 20.0. The third-order valence-corrected chi connectivity index (χ3v) is 7.69. The maximum Gasteiger partial charge on any atom is 0.326 e. The standard InChI is InChI=1S/C20H19ClN2O4S/c1-10-6-7-13-11(8-10)17-12(19(22-13)20(24)25)9-16(18(17)21)28-15-5-3-2-4-14(15)23(26)27/h2-8,12,16-19,22H,9H2,1H3,(H,24,25)/t12-,16-,17-,18-,19+/m0/s1. The predicted molar refractivity (Wildman–Crippen MR) is 109 cm³/mol. The van der Waals surface area contributed by atoms with Crippen molar-refractivity contribution in [2.24, 2.45) is 5.92 Å². The van der Waals surface area contributed by atoms with Crippen LogP contribution >= 0.6 is 23.4 Å². The fraction of sp³-hybridized carbons (Fsp3) is 0.350. The van der Waals surface area contributed by atoms with E-state index in [1.165, 1.54) is 17.8 Å². The topological polar surface area (TPSA) is 92.5 Å². The normalized spacial score (nSPS) is 28.1. The number of fused-ring (bicyclic) bond motifs is 3. The van der Waals surface area contributed by atoms with Gasteiger partial charge in [-0.25, -0.2) is 4.79 Å². The summed E-state index contributed by atoms with van der Waals surface area (Å²) in [6.45, 7) is 2.00. The lowest BCUT2D eigenvalue weighted by molar-refractivity contribution is -0.387. The summed E-state index contributed by atoms with van der Waals surface area (Å²) in [5, 5.41) is 23.8.